The summed E-state index contributed by atoms with van der Waals surface area (Å²) < 4.78 is 22.9. The van der Waals surface area contributed by atoms with E-state index in [-0.39, 0.29) is 31.6 Å². The Kier molecular flexibility index (Phi) is 7.32. The molecule has 7 heteroatoms. The Morgan fingerprint density at radius 3 is 2.48 bits per heavy atom. The van der Waals surface area contributed by atoms with Gasteiger partial charge in [-0.2, -0.15) is 0 Å². The van der Waals surface area contributed by atoms with Crippen molar-refractivity contribution in [3.8, 4) is 5.75 Å². The molecular weight excluding hydrogens is 420 g/mol. The number of amides is 1. The standard InChI is InChI=1S/C26H34N2O5/c1-18(2)11-24-26(32-17-31-4,25(29)28(24)16-30-3)15-21-14-22(9-10-27-21)33-23-12-19-7-5-6-8-20(19)13-23/h5-10,14,18,23-24H,11-13,15-17H2,1-4H3/t24-,26+/m0/s1. The second-order valence-electron chi connectivity index (χ2n) is 9.35. The lowest BCUT2D eigenvalue weighted by Gasteiger charge is -2.55. The third-order valence-corrected chi connectivity index (χ3v) is 6.48. The maximum atomic E-state index is 13.3. The van der Waals surface area contributed by atoms with Crippen molar-refractivity contribution in [1.82, 2.24) is 9.88 Å². The summed E-state index contributed by atoms with van der Waals surface area (Å²) >= 11 is 0. The zero-order valence-corrected chi connectivity index (χ0v) is 20.0. The molecule has 1 fully saturated rings. The maximum Gasteiger partial charge on any atom is 0.259 e. The van der Waals surface area contributed by atoms with Crippen molar-refractivity contribution in [1.29, 1.82) is 0 Å². The van der Waals surface area contributed by atoms with E-state index in [1.54, 1.807) is 25.3 Å². The van der Waals surface area contributed by atoms with Gasteiger partial charge in [-0.25, -0.2) is 0 Å². The number of likely N-dealkylation sites (tertiary alicyclic amines) is 1. The fourth-order valence-electron chi connectivity index (χ4n) is 5.02. The number of nitrogens with zero attached hydrogens (tertiary/aromatic N) is 2. The Balaban J connectivity index is 1.52. The predicted octanol–water partition coefficient (Wildman–Crippen LogP) is 3.39. The summed E-state index contributed by atoms with van der Waals surface area (Å²) in [6.07, 6.45) is 4.80. The molecule has 1 aromatic heterocycles. The molecule has 2 aliphatic rings. The molecule has 1 saturated heterocycles. The lowest BCUT2D eigenvalue weighted by atomic mass is 9.75. The van der Waals surface area contributed by atoms with Gasteiger partial charge in [-0.1, -0.05) is 38.1 Å². The normalized spacial score (nSPS) is 22.5. The van der Waals surface area contributed by atoms with Gasteiger partial charge in [0.2, 0.25) is 0 Å². The fraction of sp³-hybridized carbons (Fsp3) is 0.538. The summed E-state index contributed by atoms with van der Waals surface area (Å²) in [5.41, 5.74) is 2.43. The zero-order chi connectivity index (χ0) is 23.4. The van der Waals surface area contributed by atoms with Crippen LogP contribution in [0, 0.1) is 5.92 Å². The number of aromatic nitrogens is 1. The summed E-state index contributed by atoms with van der Waals surface area (Å²) in [6.45, 7) is 4.56. The SMILES string of the molecule is COCO[C@@]1(Cc2cc(OC3Cc4ccccc4C3)ccn2)C(=O)N(COC)[C@H]1CC(C)C. The quantitative estimate of drug-likeness (QED) is 0.383. The van der Waals surface area contributed by atoms with E-state index in [9.17, 15) is 4.79 Å². The largest absolute Gasteiger partial charge is 0.490 e. The summed E-state index contributed by atoms with van der Waals surface area (Å²) in [5, 5.41) is 0. The summed E-state index contributed by atoms with van der Waals surface area (Å²) in [7, 11) is 3.16. The molecule has 0 N–H and O–H groups in total. The van der Waals surface area contributed by atoms with Crippen LogP contribution in [-0.4, -0.2) is 61.3 Å². The second kappa shape index (κ2) is 10.2. The van der Waals surface area contributed by atoms with E-state index in [0.717, 1.165) is 30.7 Å². The Morgan fingerprint density at radius 1 is 1.12 bits per heavy atom. The Hall–Kier alpha value is -2.48. The van der Waals surface area contributed by atoms with E-state index in [0.29, 0.717) is 12.3 Å². The average molecular weight is 455 g/mol. The first-order chi connectivity index (χ1) is 16.0. The number of fused-ring (bicyclic) bond motifs is 1. The van der Waals surface area contributed by atoms with Crippen LogP contribution in [0.5, 0.6) is 5.75 Å². The lowest BCUT2D eigenvalue weighted by molar-refractivity contribution is -0.235. The number of β-lactam (4-membered cyclic amide) rings is 1. The molecule has 1 aliphatic carbocycles. The van der Waals surface area contributed by atoms with Gasteiger partial charge < -0.3 is 23.8 Å². The van der Waals surface area contributed by atoms with Crippen molar-refractivity contribution >= 4 is 5.91 Å². The topological polar surface area (TPSA) is 70.1 Å². The summed E-state index contributed by atoms with van der Waals surface area (Å²) in [5.74, 6) is 1.06. The molecule has 1 aliphatic heterocycles. The molecule has 178 valence electrons. The molecule has 7 nitrogen and oxygen atoms in total. The van der Waals surface area contributed by atoms with Crippen LogP contribution in [0.3, 0.4) is 0 Å². The van der Waals surface area contributed by atoms with Crippen molar-refractivity contribution in [2.45, 2.75) is 57.3 Å². The Bertz CT molecular complexity index is 940. The fourth-order valence-corrected chi connectivity index (χ4v) is 5.02. The molecule has 33 heavy (non-hydrogen) atoms. The van der Waals surface area contributed by atoms with Crippen LogP contribution in [0.4, 0.5) is 0 Å². The molecule has 2 atom stereocenters. The van der Waals surface area contributed by atoms with Gasteiger partial charge in [0.1, 0.15) is 25.4 Å². The zero-order valence-electron chi connectivity index (χ0n) is 20.0. The van der Waals surface area contributed by atoms with Crippen molar-refractivity contribution in [2.24, 2.45) is 5.92 Å². The third kappa shape index (κ3) is 4.90. The number of methoxy groups -OCH3 is 2. The molecule has 0 radical (unpaired) electrons. The average Bonchev–Trinajstić information content (AvgIpc) is 3.21. The van der Waals surface area contributed by atoms with Crippen LogP contribution >= 0.6 is 0 Å². The first-order valence-corrected chi connectivity index (χ1v) is 11.6. The van der Waals surface area contributed by atoms with Gasteiger partial charge in [-0.3, -0.25) is 9.78 Å². The third-order valence-electron chi connectivity index (χ3n) is 6.48. The predicted molar refractivity (Wildman–Crippen MR) is 124 cm³/mol. The smallest absolute Gasteiger partial charge is 0.259 e. The minimum Gasteiger partial charge on any atom is -0.490 e. The number of pyridine rings is 1. The van der Waals surface area contributed by atoms with Crippen LogP contribution in [0.1, 0.15) is 37.1 Å². The number of ether oxygens (including phenoxy) is 4. The molecule has 4 rings (SSSR count). The van der Waals surface area contributed by atoms with Crippen LogP contribution in [0.2, 0.25) is 0 Å². The Labute approximate surface area is 196 Å². The number of carbonyl (C=O) groups is 1. The minimum absolute atomic E-state index is 0.0394. The maximum absolute atomic E-state index is 13.3. The molecule has 2 aromatic rings. The van der Waals surface area contributed by atoms with E-state index < -0.39 is 5.60 Å². The molecule has 1 amide bonds. The molecule has 1 aromatic carbocycles. The molecular formula is C26H34N2O5. The highest BCUT2D eigenvalue weighted by atomic mass is 16.7. The van der Waals surface area contributed by atoms with Gasteiger partial charge in [-0.05, 0) is 29.5 Å². The van der Waals surface area contributed by atoms with E-state index >= 15 is 0 Å². The van der Waals surface area contributed by atoms with Crippen LogP contribution in [-0.2, 0) is 38.3 Å². The highest BCUT2D eigenvalue weighted by Crippen LogP contribution is 2.41. The molecule has 0 spiro atoms. The molecule has 0 saturated carbocycles. The van der Waals surface area contributed by atoms with Gasteiger partial charge in [-0.15, -0.1) is 0 Å². The molecule has 0 unspecified atom stereocenters. The number of rotatable bonds is 11. The van der Waals surface area contributed by atoms with Crippen LogP contribution < -0.4 is 4.74 Å². The Morgan fingerprint density at radius 2 is 1.85 bits per heavy atom. The van der Waals surface area contributed by atoms with Crippen molar-refractivity contribution in [3.05, 3.63) is 59.4 Å². The first-order valence-electron chi connectivity index (χ1n) is 11.6. The van der Waals surface area contributed by atoms with Crippen LogP contribution in [0.25, 0.3) is 0 Å². The van der Waals surface area contributed by atoms with Crippen molar-refractivity contribution in [3.63, 3.8) is 0 Å². The minimum atomic E-state index is -1.02. The highest BCUT2D eigenvalue weighted by Gasteiger charge is 2.62. The molecule has 2 heterocycles. The van der Waals surface area contributed by atoms with E-state index in [1.165, 1.54) is 11.1 Å². The van der Waals surface area contributed by atoms with Crippen molar-refractivity contribution < 1.29 is 23.7 Å². The van der Waals surface area contributed by atoms with Crippen LogP contribution in [0.15, 0.2) is 42.6 Å². The number of carbonyl (C=O) groups excluding carboxylic acids is 1. The first kappa shape index (κ1) is 23.7. The lowest BCUT2D eigenvalue weighted by Crippen LogP contribution is -2.76. The van der Waals surface area contributed by atoms with E-state index in [1.807, 2.05) is 12.1 Å². The van der Waals surface area contributed by atoms with Gasteiger partial charge in [0.15, 0.2) is 5.60 Å². The monoisotopic (exact) mass is 454 g/mol. The van der Waals surface area contributed by atoms with Gasteiger partial charge in [0.25, 0.3) is 5.91 Å². The highest BCUT2D eigenvalue weighted by molar-refractivity contribution is 5.93. The van der Waals surface area contributed by atoms with Gasteiger partial charge in [0, 0.05) is 51.4 Å². The van der Waals surface area contributed by atoms with Crippen molar-refractivity contribution in [2.75, 3.05) is 27.7 Å². The summed E-state index contributed by atoms with van der Waals surface area (Å²) in [4.78, 5) is 19.6. The number of hydrogen-bond donors (Lipinski definition) is 0. The van der Waals surface area contributed by atoms with Gasteiger partial charge in [0.05, 0.1) is 6.04 Å². The van der Waals surface area contributed by atoms with Gasteiger partial charge >= 0.3 is 0 Å². The van der Waals surface area contributed by atoms with E-state index in [2.05, 4.69) is 43.1 Å². The number of hydrogen-bond acceptors (Lipinski definition) is 6. The second-order valence-corrected chi connectivity index (χ2v) is 9.35. The summed E-state index contributed by atoms with van der Waals surface area (Å²) in [6, 6.07) is 12.2. The molecule has 0 bridgehead atoms. The van der Waals surface area contributed by atoms with E-state index in [4.69, 9.17) is 18.9 Å². The number of benzene rings is 1.